The minimum Gasteiger partial charge on any atom is -0.394 e. The first-order valence-electron chi connectivity index (χ1n) is 6.36. The van der Waals surface area contributed by atoms with Gasteiger partial charge in [0, 0.05) is 13.2 Å². The van der Waals surface area contributed by atoms with Crippen molar-refractivity contribution in [1.82, 2.24) is 4.90 Å². The van der Waals surface area contributed by atoms with Crippen LogP contribution in [0.15, 0.2) is 0 Å². The molecule has 1 amide bonds. The average molecular weight is 227 g/mol. The van der Waals surface area contributed by atoms with Crippen LogP contribution in [-0.4, -0.2) is 47.8 Å². The van der Waals surface area contributed by atoms with Gasteiger partial charge >= 0.3 is 0 Å². The largest absolute Gasteiger partial charge is 0.394 e. The van der Waals surface area contributed by atoms with E-state index in [2.05, 4.69) is 0 Å². The first-order valence-corrected chi connectivity index (χ1v) is 6.36. The highest BCUT2D eigenvalue weighted by Crippen LogP contribution is 2.21. The number of rotatable bonds is 2. The third-order valence-corrected chi connectivity index (χ3v) is 3.58. The molecule has 2 aliphatic rings. The van der Waals surface area contributed by atoms with Gasteiger partial charge in [0.25, 0.3) is 5.91 Å². The van der Waals surface area contributed by atoms with Crippen LogP contribution in [0.25, 0.3) is 0 Å². The van der Waals surface area contributed by atoms with Gasteiger partial charge in [-0.1, -0.05) is 12.8 Å². The van der Waals surface area contributed by atoms with Crippen molar-refractivity contribution in [2.45, 2.75) is 50.7 Å². The Hall–Kier alpha value is -0.610. The predicted octanol–water partition coefficient (Wildman–Crippen LogP) is 0.929. The SMILES string of the molecule is O=C([C@@H]1CCCO1)N1CCCCCC1CO. The number of hydrogen-bond acceptors (Lipinski definition) is 3. The number of carbonyl (C=O) groups is 1. The molecule has 2 rings (SSSR count). The van der Waals surface area contributed by atoms with E-state index in [-0.39, 0.29) is 24.7 Å². The second kappa shape index (κ2) is 5.64. The van der Waals surface area contributed by atoms with Crippen molar-refractivity contribution in [3.8, 4) is 0 Å². The van der Waals surface area contributed by atoms with Gasteiger partial charge < -0.3 is 14.7 Å². The van der Waals surface area contributed by atoms with Crippen molar-refractivity contribution in [2.24, 2.45) is 0 Å². The van der Waals surface area contributed by atoms with Gasteiger partial charge in [0.1, 0.15) is 6.10 Å². The van der Waals surface area contributed by atoms with Crippen LogP contribution in [0.5, 0.6) is 0 Å². The smallest absolute Gasteiger partial charge is 0.252 e. The highest BCUT2D eigenvalue weighted by Gasteiger charge is 2.32. The molecule has 0 radical (unpaired) electrons. The number of hydrogen-bond donors (Lipinski definition) is 1. The van der Waals surface area contributed by atoms with Gasteiger partial charge in [-0.2, -0.15) is 0 Å². The summed E-state index contributed by atoms with van der Waals surface area (Å²) in [7, 11) is 0. The van der Waals surface area contributed by atoms with E-state index < -0.39 is 0 Å². The number of carbonyl (C=O) groups excluding carboxylic acids is 1. The first-order chi connectivity index (χ1) is 7.83. The minimum atomic E-state index is -0.243. The molecule has 2 saturated heterocycles. The number of aliphatic hydroxyl groups is 1. The van der Waals surface area contributed by atoms with Gasteiger partial charge in [0.15, 0.2) is 0 Å². The fourth-order valence-corrected chi connectivity index (χ4v) is 2.61. The molecule has 0 spiro atoms. The lowest BCUT2D eigenvalue weighted by atomic mass is 10.1. The van der Waals surface area contributed by atoms with Crippen LogP contribution < -0.4 is 0 Å². The van der Waals surface area contributed by atoms with Crippen molar-refractivity contribution < 1.29 is 14.6 Å². The van der Waals surface area contributed by atoms with E-state index in [0.29, 0.717) is 6.61 Å². The van der Waals surface area contributed by atoms with Crippen LogP contribution in [0.1, 0.15) is 38.5 Å². The Bertz CT molecular complexity index is 238. The van der Waals surface area contributed by atoms with E-state index in [4.69, 9.17) is 4.74 Å². The second-order valence-corrected chi connectivity index (χ2v) is 4.72. The van der Waals surface area contributed by atoms with Crippen LogP contribution >= 0.6 is 0 Å². The Morgan fingerprint density at radius 1 is 1.25 bits per heavy atom. The summed E-state index contributed by atoms with van der Waals surface area (Å²) in [6.07, 6.45) is 5.82. The molecule has 0 bridgehead atoms. The summed E-state index contributed by atoms with van der Waals surface area (Å²) < 4.78 is 5.43. The topological polar surface area (TPSA) is 49.8 Å². The van der Waals surface area contributed by atoms with E-state index in [1.54, 1.807) is 0 Å². The Morgan fingerprint density at radius 3 is 2.81 bits per heavy atom. The van der Waals surface area contributed by atoms with Crippen molar-refractivity contribution in [1.29, 1.82) is 0 Å². The Morgan fingerprint density at radius 2 is 2.12 bits per heavy atom. The van der Waals surface area contributed by atoms with Gasteiger partial charge in [-0.25, -0.2) is 0 Å². The third-order valence-electron chi connectivity index (χ3n) is 3.58. The molecule has 0 aromatic heterocycles. The number of amides is 1. The number of ether oxygens (including phenoxy) is 1. The van der Waals surface area contributed by atoms with Gasteiger partial charge in [0.2, 0.25) is 0 Å². The van der Waals surface area contributed by atoms with E-state index in [0.717, 1.165) is 45.1 Å². The molecule has 4 heteroatoms. The first kappa shape index (κ1) is 11.9. The minimum absolute atomic E-state index is 0.0131. The van der Waals surface area contributed by atoms with Gasteiger partial charge in [-0.05, 0) is 25.7 Å². The van der Waals surface area contributed by atoms with Crippen molar-refractivity contribution >= 4 is 5.91 Å². The fourth-order valence-electron chi connectivity index (χ4n) is 2.61. The molecule has 4 nitrogen and oxygen atoms in total. The Balaban J connectivity index is 2.00. The molecule has 2 fully saturated rings. The lowest BCUT2D eigenvalue weighted by Gasteiger charge is -2.30. The summed E-state index contributed by atoms with van der Waals surface area (Å²) in [5.41, 5.74) is 0. The molecule has 0 aromatic rings. The van der Waals surface area contributed by atoms with Crippen LogP contribution in [-0.2, 0) is 9.53 Å². The summed E-state index contributed by atoms with van der Waals surface area (Å²) >= 11 is 0. The molecule has 0 saturated carbocycles. The average Bonchev–Trinajstić information content (AvgIpc) is 2.73. The molecule has 92 valence electrons. The highest BCUT2D eigenvalue weighted by atomic mass is 16.5. The zero-order chi connectivity index (χ0) is 11.4. The van der Waals surface area contributed by atoms with Crippen LogP contribution in [0.2, 0.25) is 0 Å². The molecule has 2 atom stereocenters. The molecular weight excluding hydrogens is 206 g/mol. The highest BCUT2D eigenvalue weighted by molar-refractivity contribution is 5.81. The summed E-state index contributed by atoms with van der Waals surface area (Å²) in [4.78, 5) is 14.1. The van der Waals surface area contributed by atoms with Crippen molar-refractivity contribution in [2.75, 3.05) is 19.8 Å². The standard InChI is InChI=1S/C12H21NO3/c14-9-10-5-2-1-3-7-13(10)12(15)11-6-4-8-16-11/h10-11,14H,1-9H2/t10?,11-/m0/s1. The maximum atomic E-state index is 12.2. The lowest BCUT2D eigenvalue weighted by Crippen LogP contribution is -2.46. The van der Waals surface area contributed by atoms with Crippen molar-refractivity contribution in [3.63, 3.8) is 0 Å². The molecule has 1 unspecified atom stereocenters. The molecule has 0 aromatic carbocycles. The molecule has 16 heavy (non-hydrogen) atoms. The molecule has 1 N–H and O–H groups in total. The molecule has 0 aliphatic carbocycles. The van der Waals surface area contributed by atoms with Crippen LogP contribution in [0.3, 0.4) is 0 Å². The fraction of sp³-hybridized carbons (Fsp3) is 0.917. The molecule has 2 aliphatic heterocycles. The van der Waals surface area contributed by atoms with Crippen LogP contribution in [0, 0.1) is 0 Å². The number of likely N-dealkylation sites (tertiary alicyclic amines) is 1. The van der Waals surface area contributed by atoms with Crippen molar-refractivity contribution in [3.05, 3.63) is 0 Å². The normalized spacial score (nSPS) is 31.4. The van der Waals surface area contributed by atoms with E-state index >= 15 is 0 Å². The number of nitrogens with zero attached hydrogens (tertiary/aromatic N) is 1. The zero-order valence-corrected chi connectivity index (χ0v) is 9.73. The quantitative estimate of drug-likeness (QED) is 0.763. The monoisotopic (exact) mass is 227 g/mol. The van der Waals surface area contributed by atoms with E-state index in [9.17, 15) is 9.90 Å². The molecule has 2 heterocycles. The second-order valence-electron chi connectivity index (χ2n) is 4.72. The molecular formula is C12H21NO3. The summed E-state index contributed by atoms with van der Waals surface area (Å²) in [6, 6.07) is 0.0131. The van der Waals surface area contributed by atoms with E-state index in [1.165, 1.54) is 0 Å². The van der Waals surface area contributed by atoms with Gasteiger partial charge in [0.05, 0.1) is 12.6 Å². The Labute approximate surface area is 96.6 Å². The predicted molar refractivity (Wildman–Crippen MR) is 60.0 cm³/mol. The summed E-state index contributed by atoms with van der Waals surface area (Å²) in [5, 5.41) is 9.34. The van der Waals surface area contributed by atoms with E-state index in [1.807, 2.05) is 4.90 Å². The Kier molecular flexibility index (Phi) is 4.18. The third kappa shape index (κ3) is 2.55. The maximum absolute atomic E-state index is 12.2. The summed E-state index contributed by atoms with van der Waals surface area (Å²) in [5.74, 6) is 0.0958. The van der Waals surface area contributed by atoms with Gasteiger partial charge in [-0.15, -0.1) is 0 Å². The van der Waals surface area contributed by atoms with Crippen LogP contribution in [0.4, 0.5) is 0 Å². The maximum Gasteiger partial charge on any atom is 0.252 e. The summed E-state index contributed by atoms with van der Waals surface area (Å²) in [6.45, 7) is 1.57. The number of aliphatic hydroxyl groups excluding tert-OH is 1. The van der Waals surface area contributed by atoms with Gasteiger partial charge in [-0.3, -0.25) is 4.79 Å². The zero-order valence-electron chi connectivity index (χ0n) is 9.73. The lowest BCUT2D eigenvalue weighted by molar-refractivity contribution is -0.144.